The van der Waals surface area contributed by atoms with Crippen LogP contribution in [0.2, 0.25) is 0 Å². The zero-order valence-electron chi connectivity index (χ0n) is 6.78. The molecule has 0 bridgehead atoms. The van der Waals surface area contributed by atoms with Gasteiger partial charge in [0, 0.05) is 12.8 Å². The summed E-state index contributed by atoms with van der Waals surface area (Å²) in [6.07, 6.45) is 4.34. The number of aliphatic imine (C=N–C) groups is 1. The minimum absolute atomic E-state index is 0.261. The number of nitrogens with zero attached hydrogens (tertiary/aromatic N) is 1. The molecular weight excluding hydrogens is 156 g/mol. The van der Waals surface area contributed by atoms with E-state index in [1.54, 1.807) is 6.92 Å². The molecule has 1 rings (SSSR count). The predicted molar refractivity (Wildman–Crippen MR) is 45.1 cm³/mol. The zero-order valence-corrected chi connectivity index (χ0v) is 6.78. The minimum atomic E-state index is -0.866. The molecule has 1 aliphatic heterocycles. The van der Waals surface area contributed by atoms with Crippen molar-refractivity contribution >= 4 is 17.9 Å². The third kappa shape index (κ3) is 1.78. The molecule has 0 aromatic heterocycles. The third-order valence-corrected chi connectivity index (χ3v) is 1.45. The van der Waals surface area contributed by atoms with Crippen molar-refractivity contribution in [3.8, 4) is 0 Å². The van der Waals surface area contributed by atoms with E-state index < -0.39 is 6.04 Å². The molecule has 1 atom stereocenters. The van der Waals surface area contributed by atoms with E-state index in [9.17, 15) is 9.59 Å². The van der Waals surface area contributed by atoms with Gasteiger partial charge in [-0.3, -0.25) is 14.6 Å². The van der Waals surface area contributed by atoms with Crippen molar-refractivity contribution in [2.45, 2.75) is 13.0 Å². The number of likely N-dealkylation sites (N-methyl/N-ethyl adjacent to an activating group) is 1. The number of ketones is 1. The molecule has 0 aromatic carbocycles. The van der Waals surface area contributed by atoms with Gasteiger partial charge in [0.2, 0.25) is 0 Å². The average molecular weight is 166 g/mol. The van der Waals surface area contributed by atoms with Crippen LogP contribution in [-0.4, -0.2) is 30.5 Å². The Labute approximate surface area is 70.4 Å². The number of allylic oxidation sites excluding steroid dienone is 1. The van der Waals surface area contributed by atoms with Crippen molar-refractivity contribution in [2.75, 3.05) is 6.54 Å². The Morgan fingerprint density at radius 1 is 1.75 bits per heavy atom. The van der Waals surface area contributed by atoms with Crippen LogP contribution in [0.1, 0.15) is 6.92 Å². The van der Waals surface area contributed by atoms with E-state index >= 15 is 0 Å². The molecule has 0 aliphatic carbocycles. The zero-order chi connectivity index (χ0) is 8.97. The first-order chi connectivity index (χ1) is 5.75. The van der Waals surface area contributed by atoms with Gasteiger partial charge < -0.3 is 5.32 Å². The molecule has 1 aliphatic rings. The maximum Gasteiger partial charge on any atom is 0.252 e. The Morgan fingerprint density at radius 3 is 3.08 bits per heavy atom. The van der Waals surface area contributed by atoms with Gasteiger partial charge in [0.1, 0.15) is 0 Å². The molecule has 1 heterocycles. The minimum Gasteiger partial charge on any atom is -0.354 e. The summed E-state index contributed by atoms with van der Waals surface area (Å²) in [6, 6.07) is -0.866. The van der Waals surface area contributed by atoms with E-state index in [0.717, 1.165) is 0 Å². The van der Waals surface area contributed by atoms with Gasteiger partial charge >= 0.3 is 0 Å². The lowest BCUT2D eigenvalue weighted by Crippen LogP contribution is -2.38. The fourth-order valence-electron chi connectivity index (χ4n) is 0.906. The summed E-state index contributed by atoms with van der Waals surface area (Å²) in [5.74, 6) is -0.591. The van der Waals surface area contributed by atoms with Crippen molar-refractivity contribution < 1.29 is 9.59 Å². The smallest absolute Gasteiger partial charge is 0.252 e. The van der Waals surface area contributed by atoms with Gasteiger partial charge in [-0.2, -0.15) is 0 Å². The number of hydrogen-bond acceptors (Lipinski definition) is 3. The molecule has 4 nitrogen and oxygen atoms in total. The first-order valence-corrected chi connectivity index (χ1v) is 3.77. The van der Waals surface area contributed by atoms with E-state index in [1.807, 2.05) is 0 Å². The lowest BCUT2D eigenvalue weighted by Gasteiger charge is -2.09. The van der Waals surface area contributed by atoms with Crippen molar-refractivity contribution in [1.82, 2.24) is 5.32 Å². The van der Waals surface area contributed by atoms with Crippen LogP contribution in [0.25, 0.3) is 0 Å². The summed E-state index contributed by atoms with van der Waals surface area (Å²) < 4.78 is 0. The number of amides is 1. The molecule has 0 fully saturated rings. The molecule has 1 unspecified atom stereocenters. The number of carbonyl (C=O) groups is 2. The first kappa shape index (κ1) is 8.64. The SMILES string of the molecule is CCNC(=O)C1N=CC=CC1=O. The molecule has 0 spiro atoms. The van der Waals surface area contributed by atoms with Crippen LogP contribution in [0.4, 0.5) is 0 Å². The Bertz CT molecular complexity index is 256. The molecule has 64 valence electrons. The summed E-state index contributed by atoms with van der Waals surface area (Å²) in [7, 11) is 0. The maximum atomic E-state index is 11.1. The topological polar surface area (TPSA) is 58.5 Å². The highest BCUT2D eigenvalue weighted by Gasteiger charge is 2.23. The van der Waals surface area contributed by atoms with Crippen LogP contribution < -0.4 is 5.32 Å². The second-order valence-electron chi connectivity index (χ2n) is 2.36. The summed E-state index contributed by atoms with van der Waals surface area (Å²) in [4.78, 5) is 25.9. The van der Waals surface area contributed by atoms with Gasteiger partial charge in [0.25, 0.3) is 5.91 Å². The van der Waals surface area contributed by atoms with E-state index in [1.165, 1.54) is 18.4 Å². The highest BCUT2D eigenvalue weighted by atomic mass is 16.2. The second-order valence-corrected chi connectivity index (χ2v) is 2.36. The largest absolute Gasteiger partial charge is 0.354 e. The van der Waals surface area contributed by atoms with Crippen LogP contribution in [0, 0.1) is 0 Å². The number of nitrogens with one attached hydrogen (secondary N) is 1. The van der Waals surface area contributed by atoms with Gasteiger partial charge in [-0.25, -0.2) is 0 Å². The second kappa shape index (κ2) is 3.80. The standard InChI is InChI=1S/C8H10N2O2/c1-2-9-8(12)7-6(11)4-3-5-10-7/h3-5,7H,2H2,1H3,(H,9,12). The third-order valence-electron chi connectivity index (χ3n) is 1.45. The molecule has 12 heavy (non-hydrogen) atoms. The Morgan fingerprint density at radius 2 is 2.50 bits per heavy atom. The predicted octanol–water partition coefficient (Wildman–Crippen LogP) is -0.299. The van der Waals surface area contributed by atoms with E-state index in [4.69, 9.17) is 0 Å². The molecule has 0 saturated carbocycles. The number of rotatable bonds is 2. The summed E-state index contributed by atoms with van der Waals surface area (Å²) in [5, 5.41) is 2.54. The van der Waals surface area contributed by atoms with Crippen LogP contribution in [-0.2, 0) is 9.59 Å². The monoisotopic (exact) mass is 166 g/mol. The fraction of sp³-hybridized carbons (Fsp3) is 0.375. The molecule has 4 heteroatoms. The van der Waals surface area contributed by atoms with Gasteiger partial charge in [-0.15, -0.1) is 0 Å². The highest BCUT2D eigenvalue weighted by molar-refractivity contribution is 6.14. The van der Waals surface area contributed by atoms with Crippen LogP contribution >= 0.6 is 0 Å². The van der Waals surface area contributed by atoms with Gasteiger partial charge in [0.05, 0.1) is 0 Å². The van der Waals surface area contributed by atoms with Gasteiger partial charge in [-0.1, -0.05) is 0 Å². The molecule has 0 radical (unpaired) electrons. The van der Waals surface area contributed by atoms with Crippen LogP contribution in [0.5, 0.6) is 0 Å². The molecular formula is C8H10N2O2. The molecule has 0 aromatic rings. The molecule has 1 N–H and O–H groups in total. The van der Waals surface area contributed by atoms with Crippen LogP contribution in [0.15, 0.2) is 17.1 Å². The fourth-order valence-corrected chi connectivity index (χ4v) is 0.906. The van der Waals surface area contributed by atoms with Gasteiger partial charge in [0.15, 0.2) is 11.8 Å². The highest BCUT2D eigenvalue weighted by Crippen LogP contribution is 1.99. The number of dihydropyridines is 1. The van der Waals surface area contributed by atoms with E-state index in [2.05, 4.69) is 10.3 Å². The Hall–Kier alpha value is -1.45. The van der Waals surface area contributed by atoms with Crippen molar-refractivity contribution in [2.24, 2.45) is 4.99 Å². The average Bonchev–Trinajstić information content (AvgIpc) is 2.05. The maximum absolute atomic E-state index is 11.1. The number of hydrogen-bond donors (Lipinski definition) is 1. The summed E-state index contributed by atoms with van der Waals surface area (Å²) in [6.45, 7) is 2.31. The lowest BCUT2D eigenvalue weighted by molar-refractivity contribution is -0.127. The van der Waals surface area contributed by atoms with Crippen LogP contribution in [0.3, 0.4) is 0 Å². The lowest BCUT2D eigenvalue weighted by atomic mass is 10.1. The van der Waals surface area contributed by atoms with Crippen molar-refractivity contribution in [3.05, 3.63) is 12.2 Å². The van der Waals surface area contributed by atoms with E-state index in [-0.39, 0.29) is 11.7 Å². The normalized spacial score (nSPS) is 21.1. The Balaban J connectivity index is 2.63. The van der Waals surface area contributed by atoms with Crippen molar-refractivity contribution in [1.29, 1.82) is 0 Å². The quantitative estimate of drug-likeness (QED) is 0.572. The summed E-state index contributed by atoms with van der Waals surface area (Å²) >= 11 is 0. The Kier molecular flexibility index (Phi) is 2.74. The van der Waals surface area contributed by atoms with Crippen molar-refractivity contribution in [3.63, 3.8) is 0 Å². The first-order valence-electron chi connectivity index (χ1n) is 3.77. The van der Waals surface area contributed by atoms with E-state index in [0.29, 0.717) is 6.54 Å². The summed E-state index contributed by atoms with van der Waals surface area (Å²) in [5.41, 5.74) is 0. The molecule has 1 amide bonds. The van der Waals surface area contributed by atoms with Gasteiger partial charge in [-0.05, 0) is 19.1 Å². The molecule has 0 saturated heterocycles. The number of carbonyl (C=O) groups excluding carboxylic acids is 2.